The van der Waals surface area contributed by atoms with Crippen LogP contribution in [0, 0.1) is 3.57 Å². The summed E-state index contributed by atoms with van der Waals surface area (Å²) in [5.41, 5.74) is 0.538. The predicted octanol–water partition coefficient (Wildman–Crippen LogP) is 1.61. The van der Waals surface area contributed by atoms with E-state index in [1.54, 1.807) is 6.08 Å². The lowest BCUT2D eigenvalue weighted by Crippen LogP contribution is -2.52. The van der Waals surface area contributed by atoms with Gasteiger partial charge in [-0.05, 0) is 74.0 Å². The van der Waals surface area contributed by atoms with Crippen molar-refractivity contribution in [2.75, 3.05) is 26.3 Å². The molecule has 1 amide bonds. The predicted molar refractivity (Wildman–Crippen MR) is 120 cm³/mol. The van der Waals surface area contributed by atoms with Crippen molar-refractivity contribution < 1.29 is 24.5 Å². The largest absolute Gasteiger partial charge is 0.482 e. The van der Waals surface area contributed by atoms with E-state index in [1.165, 1.54) is 0 Å². The van der Waals surface area contributed by atoms with Crippen LogP contribution in [0.3, 0.4) is 0 Å². The summed E-state index contributed by atoms with van der Waals surface area (Å²) < 4.78 is 12.5. The normalized spacial score (nSPS) is 21.7. The lowest BCUT2D eigenvalue weighted by molar-refractivity contribution is -0.118. The van der Waals surface area contributed by atoms with Gasteiger partial charge in [-0.3, -0.25) is 4.79 Å². The van der Waals surface area contributed by atoms with E-state index in [0.717, 1.165) is 9.99 Å². The molecule has 1 aliphatic rings. The molecule has 0 unspecified atom stereocenters. The standard InChI is InChI=1S/C21H31IN2O5/c1-14(2)28-11-5-8-23-17-12-15(21(27)24-9-10-25)13-19(20(17)26)29-18-7-4-3-6-16(18)22/h3-4,6-7,13-14,17,19-20,23,25-26H,5,8-12H2,1-2H3,(H,24,27)/t17-,19+,20+/m1/s1. The van der Waals surface area contributed by atoms with Crippen LogP contribution < -0.4 is 15.4 Å². The van der Waals surface area contributed by atoms with Gasteiger partial charge in [0.2, 0.25) is 5.91 Å². The zero-order chi connectivity index (χ0) is 21.2. The average Bonchev–Trinajstić information content (AvgIpc) is 2.69. The summed E-state index contributed by atoms with van der Waals surface area (Å²) in [6.07, 6.45) is 1.60. The van der Waals surface area contributed by atoms with E-state index in [2.05, 4.69) is 33.2 Å². The molecule has 0 saturated carbocycles. The second kappa shape index (κ2) is 12.5. The first-order valence-electron chi connectivity index (χ1n) is 9.96. The summed E-state index contributed by atoms with van der Waals surface area (Å²) in [5.74, 6) is 0.409. The topological polar surface area (TPSA) is 100 Å². The van der Waals surface area contributed by atoms with Gasteiger partial charge in [0.25, 0.3) is 0 Å². The van der Waals surface area contributed by atoms with Crippen LogP contribution in [0.25, 0.3) is 0 Å². The number of hydrogen-bond donors (Lipinski definition) is 4. The molecule has 0 spiro atoms. The highest BCUT2D eigenvalue weighted by Gasteiger charge is 2.35. The van der Waals surface area contributed by atoms with Crippen molar-refractivity contribution in [1.82, 2.24) is 10.6 Å². The van der Waals surface area contributed by atoms with Gasteiger partial charge in [-0.2, -0.15) is 0 Å². The fourth-order valence-corrected chi connectivity index (χ4v) is 3.58. The number of ether oxygens (including phenoxy) is 2. The van der Waals surface area contributed by atoms with Crippen molar-refractivity contribution in [3.05, 3.63) is 39.5 Å². The first-order chi connectivity index (χ1) is 13.9. The van der Waals surface area contributed by atoms with Gasteiger partial charge in [0.05, 0.1) is 16.3 Å². The van der Waals surface area contributed by atoms with Crippen molar-refractivity contribution >= 4 is 28.5 Å². The third-order valence-corrected chi connectivity index (χ3v) is 5.41. The molecule has 2 rings (SSSR count). The summed E-state index contributed by atoms with van der Waals surface area (Å²) in [7, 11) is 0. The quantitative estimate of drug-likeness (QED) is 0.263. The Bertz CT molecular complexity index is 683. The summed E-state index contributed by atoms with van der Waals surface area (Å²) in [6, 6.07) is 7.23. The van der Waals surface area contributed by atoms with Gasteiger partial charge in [0, 0.05) is 24.8 Å². The summed E-state index contributed by atoms with van der Waals surface area (Å²) >= 11 is 2.18. The lowest BCUT2D eigenvalue weighted by atomic mass is 9.89. The number of nitrogens with one attached hydrogen (secondary N) is 2. The van der Waals surface area contributed by atoms with Gasteiger partial charge in [-0.15, -0.1) is 0 Å². The van der Waals surface area contributed by atoms with Crippen LogP contribution in [0.1, 0.15) is 26.7 Å². The molecule has 7 nitrogen and oxygen atoms in total. The Morgan fingerprint density at radius 2 is 2.07 bits per heavy atom. The number of amides is 1. The van der Waals surface area contributed by atoms with Crippen LogP contribution in [-0.4, -0.2) is 66.8 Å². The number of rotatable bonds is 11. The second-order valence-corrected chi connectivity index (χ2v) is 8.37. The van der Waals surface area contributed by atoms with Gasteiger partial charge in [-0.25, -0.2) is 0 Å². The van der Waals surface area contributed by atoms with Crippen molar-refractivity contribution in [3.63, 3.8) is 0 Å². The monoisotopic (exact) mass is 518 g/mol. The fourth-order valence-electron chi connectivity index (χ4n) is 3.07. The Morgan fingerprint density at radius 1 is 1.31 bits per heavy atom. The molecule has 1 aliphatic carbocycles. The van der Waals surface area contributed by atoms with Gasteiger partial charge < -0.3 is 30.3 Å². The molecule has 8 heteroatoms. The molecule has 29 heavy (non-hydrogen) atoms. The number of para-hydroxylation sites is 1. The minimum Gasteiger partial charge on any atom is -0.482 e. The molecule has 3 atom stereocenters. The number of hydrogen-bond acceptors (Lipinski definition) is 6. The van der Waals surface area contributed by atoms with Gasteiger partial charge in [0.1, 0.15) is 18.0 Å². The van der Waals surface area contributed by atoms with Crippen LogP contribution in [-0.2, 0) is 9.53 Å². The molecule has 1 aromatic rings. The number of benzene rings is 1. The van der Waals surface area contributed by atoms with Crippen LogP contribution in [0.4, 0.5) is 0 Å². The third-order valence-electron chi connectivity index (χ3n) is 4.52. The second-order valence-electron chi connectivity index (χ2n) is 7.21. The highest BCUT2D eigenvalue weighted by molar-refractivity contribution is 14.1. The number of halogens is 1. The van der Waals surface area contributed by atoms with Gasteiger partial charge in [0.15, 0.2) is 0 Å². The number of carbonyl (C=O) groups is 1. The van der Waals surface area contributed by atoms with E-state index in [4.69, 9.17) is 14.6 Å². The Kier molecular flexibility index (Phi) is 10.4. The minimum absolute atomic E-state index is 0.124. The van der Waals surface area contributed by atoms with E-state index >= 15 is 0 Å². The average molecular weight is 518 g/mol. The molecule has 0 aromatic heterocycles. The van der Waals surface area contributed by atoms with E-state index < -0.39 is 12.2 Å². The van der Waals surface area contributed by atoms with Crippen molar-refractivity contribution in [2.24, 2.45) is 0 Å². The Hall–Kier alpha value is -1.20. The Morgan fingerprint density at radius 3 is 2.76 bits per heavy atom. The lowest BCUT2D eigenvalue weighted by Gasteiger charge is -2.34. The number of aliphatic hydroxyl groups is 2. The van der Waals surface area contributed by atoms with E-state index in [9.17, 15) is 9.90 Å². The Labute approximate surface area is 186 Å². The molecule has 1 aromatic carbocycles. The molecule has 0 bridgehead atoms. The van der Waals surface area contributed by atoms with Gasteiger partial charge in [-0.1, -0.05) is 12.1 Å². The first kappa shape index (κ1) is 24.1. The molecule has 0 saturated heterocycles. The highest BCUT2D eigenvalue weighted by Crippen LogP contribution is 2.27. The van der Waals surface area contributed by atoms with E-state index in [-0.39, 0.29) is 31.2 Å². The fraction of sp³-hybridized carbons (Fsp3) is 0.571. The first-order valence-corrected chi connectivity index (χ1v) is 11.0. The van der Waals surface area contributed by atoms with Crippen LogP contribution >= 0.6 is 22.6 Å². The smallest absolute Gasteiger partial charge is 0.247 e. The number of aliphatic hydroxyl groups excluding tert-OH is 2. The minimum atomic E-state index is -0.800. The zero-order valence-electron chi connectivity index (χ0n) is 16.9. The molecular weight excluding hydrogens is 487 g/mol. The SMILES string of the molecule is CC(C)OCCCN[C@@H]1CC(C(=O)NCCO)=C[C@H](Oc2ccccc2I)[C@H]1O. The van der Waals surface area contributed by atoms with Crippen LogP contribution in [0.2, 0.25) is 0 Å². The van der Waals surface area contributed by atoms with Crippen molar-refractivity contribution in [1.29, 1.82) is 0 Å². The van der Waals surface area contributed by atoms with Crippen molar-refractivity contribution in [3.8, 4) is 5.75 Å². The molecule has 162 valence electrons. The maximum absolute atomic E-state index is 12.4. The number of carbonyl (C=O) groups excluding carboxylic acids is 1. The summed E-state index contributed by atoms with van der Waals surface area (Å²) in [4.78, 5) is 12.4. The molecular formula is C21H31IN2O5. The molecule has 0 radical (unpaired) electrons. The van der Waals surface area contributed by atoms with E-state index in [1.807, 2.05) is 38.1 Å². The molecule has 4 N–H and O–H groups in total. The van der Waals surface area contributed by atoms with Gasteiger partial charge >= 0.3 is 0 Å². The zero-order valence-corrected chi connectivity index (χ0v) is 19.1. The molecule has 0 fully saturated rings. The molecule has 0 heterocycles. The van der Waals surface area contributed by atoms with Crippen LogP contribution in [0.15, 0.2) is 35.9 Å². The van der Waals surface area contributed by atoms with Crippen molar-refractivity contribution in [2.45, 2.75) is 51.0 Å². The Balaban J connectivity index is 2.07. The highest BCUT2D eigenvalue weighted by atomic mass is 127. The maximum Gasteiger partial charge on any atom is 0.247 e. The summed E-state index contributed by atoms with van der Waals surface area (Å²) in [5, 5.41) is 25.8. The third kappa shape index (κ3) is 7.86. The summed E-state index contributed by atoms with van der Waals surface area (Å²) in [6.45, 7) is 5.35. The maximum atomic E-state index is 12.4. The van der Waals surface area contributed by atoms with Crippen LogP contribution in [0.5, 0.6) is 5.75 Å². The van der Waals surface area contributed by atoms with E-state index in [0.29, 0.717) is 30.9 Å². The molecule has 0 aliphatic heterocycles.